The van der Waals surface area contributed by atoms with Crippen LogP contribution in [0.5, 0.6) is 0 Å². The van der Waals surface area contributed by atoms with E-state index in [0.29, 0.717) is 0 Å². The van der Waals surface area contributed by atoms with Crippen LogP contribution >= 0.6 is 23.5 Å². The molecule has 0 bridgehead atoms. The van der Waals surface area contributed by atoms with E-state index in [2.05, 4.69) is 22.6 Å². The monoisotopic (exact) mass is 597 g/mol. The largest absolute Gasteiger partial charge is 0.756 e. The Hall–Kier alpha value is -0.0100. The van der Waals surface area contributed by atoms with Gasteiger partial charge in [-0.05, 0) is 0 Å². The van der Waals surface area contributed by atoms with Gasteiger partial charge in [0.1, 0.15) is 0 Å². The molecule has 0 radical (unpaired) electrons. The van der Waals surface area contributed by atoms with Crippen molar-refractivity contribution in [1.29, 1.82) is 0 Å². The summed E-state index contributed by atoms with van der Waals surface area (Å²) in [6, 6.07) is 0. The molecule has 5 atom stereocenters. The molecular weight excluding hydrogens is 567 g/mol. The van der Waals surface area contributed by atoms with Crippen molar-refractivity contribution in [2.75, 3.05) is 79.2 Å². The summed E-state index contributed by atoms with van der Waals surface area (Å²) in [5.74, 6) is -1.88. The second-order valence-corrected chi connectivity index (χ2v) is 10.7. The Kier molecular flexibility index (Phi) is 20.0. The number of hydrogen-bond acceptors (Lipinski definition) is 16. The van der Waals surface area contributed by atoms with E-state index in [1.807, 2.05) is 0 Å². The van der Waals surface area contributed by atoms with E-state index >= 15 is 0 Å². The Morgan fingerprint density at radius 2 is 1.06 bits per heavy atom. The molecule has 36 heavy (non-hydrogen) atoms. The van der Waals surface area contributed by atoms with E-state index in [1.54, 1.807) is 0 Å². The Morgan fingerprint density at radius 3 is 1.47 bits per heavy atom. The molecule has 0 heterocycles. The molecule has 0 spiro atoms. The molecule has 0 aliphatic heterocycles. The van der Waals surface area contributed by atoms with Gasteiger partial charge < -0.3 is 56.8 Å². The van der Waals surface area contributed by atoms with Crippen molar-refractivity contribution >= 4 is 23.5 Å². The Labute approximate surface area is 205 Å². The first-order valence-electron chi connectivity index (χ1n) is 10.2. The van der Waals surface area contributed by atoms with Crippen molar-refractivity contribution in [2.24, 2.45) is 11.8 Å². The highest BCUT2D eigenvalue weighted by Crippen LogP contribution is 2.39. The molecule has 0 aliphatic rings. The number of hydrogen-bond donors (Lipinski definition) is 4. The quantitative estimate of drug-likeness (QED) is 0.0489. The number of aliphatic hydroxyl groups excluding tert-OH is 1. The summed E-state index contributed by atoms with van der Waals surface area (Å²) in [6.07, 6.45) is 0. The zero-order valence-corrected chi connectivity index (χ0v) is 21.6. The van der Waals surface area contributed by atoms with Crippen LogP contribution in [0.15, 0.2) is 0 Å². The average Bonchev–Trinajstić information content (AvgIpc) is 2.79. The molecule has 0 aliphatic carbocycles. The third kappa shape index (κ3) is 22.0. The lowest BCUT2D eigenvalue weighted by Crippen LogP contribution is -2.27. The van der Waals surface area contributed by atoms with Crippen molar-refractivity contribution in [3.8, 4) is 0 Å². The van der Waals surface area contributed by atoms with Gasteiger partial charge >= 0.3 is 0 Å². The fourth-order valence-electron chi connectivity index (χ4n) is 1.97. The maximum Gasteiger partial charge on any atom is 0.267 e. The Balaban J connectivity index is 3.88. The van der Waals surface area contributed by atoms with Gasteiger partial charge in [0, 0.05) is 31.5 Å². The highest BCUT2D eigenvalue weighted by Gasteiger charge is 2.18. The van der Waals surface area contributed by atoms with E-state index in [0.717, 1.165) is 0 Å². The van der Waals surface area contributed by atoms with E-state index in [4.69, 9.17) is 19.5 Å². The number of phosphoric acid groups is 3. The summed E-state index contributed by atoms with van der Waals surface area (Å²) in [4.78, 5) is 42.2. The van der Waals surface area contributed by atoms with Crippen molar-refractivity contribution in [1.82, 2.24) is 11.1 Å². The molecule has 0 aromatic carbocycles. The molecule has 22 heteroatoms. The molecule has 0 fully saturated rings. The highest BCUT2D eigenvalue weighted by molar-refractivity contribution is 7.46. The number of phosphoric ester groups is 3. The molecule has 0 amide bonds. The number of halogens is 2. The summed E-state index contributed by atoms with van der Waals surface area (Å²) in [7, 11) is -14.6. The standard InChI is InChI=1S/C14H33F2N2O15P3/c15-17-7-13(9-19)10-32-35(23,24)29-5-3-27-1-2-28-4-6-30-36(25,26)33-12-14(8-18-16)11-31-34(20,21)22/h13-14,17-19H,1-12H2,(H,23,24)(H,25,26)(H2,20,21,22)/p-3. The van der Waals surface area contributed by atoms with Gasteiger partial charge in [-0.25, -0.2) is 0 Å². The lowest BCUT2D eigenvalue weighted by molar-refractivity contribution is -0.229. The Morgan fingerprint density at radius 1 is 0.667 bits per heavy atom. The van der Waals surface area contributed by atoms with Crippen LogP contribution in [0.4, 0.5) is 8.96 Å². The molecule has 0 rings (SSSR count). The van der Waals surface area contributed by atoms with Crippen LogP contribution in [-0.4, -0.2) is 89.2 Å². The fraction of sp³-hybridized carbons (Fsp3) is 1.00. The number of aliphatic hydroxyl groups is 1. The molecule has 0 aromatic heterocycles. The molecule has 0 saturated heterocycles. The second kappa shape index (κ2) is 20.0. The Bertz CT molecular complexity index is 706. The first-order valence-corrected chi connectivity index (χ1v) is 14.6. The van der Waals surface area contributed by atoms with Crippen molar-refractivity contribution in [3.05, 3.63) is 0 Å². The van der Waals surface area contributed by atoms with Gasteiger partial charge in [-0.15, -0.1) is 8.96 Å². The summed E-state index contributed by atoms with van der Waals surface area (Å²) in [5, 5.41) is 8.91. The predicted octanol–water partition coefficient (Wildman–Crippen LogP) is -2.33. The van der Waals surface area contributed by atoms with Crippen LogP contribution in [0, 0.1) is 11.8 Å². The minimum Gasteiger partial charge on any atom is -0.756 e. The topological polar surface area (TPSA) is 250 Å². The molecule has 5 unspecified atom stereocenters. The van der Waals surface area contributed by atoms with Crippen molar-refractivity contribution in [3.63, 3.8) is 0 Å². The summed E-state index contributed by atoms with van der Waals surface area (Å²) < 4.78 is 90.0. The number of ether oxygens (including phenoxy) is 2. The van der Waals surface area contributed by atoms with E-state index in [1.165, 1.54) is 11.1 Å². The summed E-state index contributed by atoms with van der Waals surface area (Å²) in [5.41, 5.74) is 2.46. The van der Waals surface area contributed by atoms with Crippen LogP contribution in [0.2, 0.25) is 0 Å². The predicted molar refractivity (Wildman–Crippen MR) is 109 cm³/mol. The van der Waals surface area contributed by atoms with Gasteiger partial charge in [-0.1, -0.05) is 0 Å². The zero-order valence-electron chi connectivity index (χ0n) is 18.9. The SMILES string of the molecule is O=P([O-])(O)OCC(CNF)COP(=O)([O-])OCCOCCOCCOP(=O)([O-])OCC(CO)CNF. The summed E-state index contributed by atoms with van der Waals surface area (Å²) in [6.45, 7) is -4.52. The van der Waals surface area contributed by atoms with Gasteiger partial charge in [-0.3, -0.25) is 13.7 Å². The van der Waals surface area contributed by atoms with Gasteiger partial charge in [0.25, 0.3) is 23.5 Å². The smallest absolute Gasteiger partial charge is 0.267 e. The van der Waals surface area contributed by atoms with Gasteiger partial charge in [0.05, 0.1) is 59.5 Å². The van der Waals surface area contributed by atoms with Gasteiger partial charge in [0.2, 0.25) is 0 Å². The minimum absolute atomic E-state index is 0.0139. The normalized spacial score (nSPS) is 18.8. The lowest BCUT2D eigenvalue weighted by Gasteiger charge is -2.26. The van der Waals surface area contributed by atoms with Crippen molar-refractivity contribution in [2.45, 2.75) is 0 Å². The molecule has 0 saturated carbocycles. The van der Waals surface area contributed by atoms with Crippen molar-refractivity contribution < 1.29 is 79.4 Å². The van der Waals surface area contributed by atoms with E-state index < -0.39 is 74.9 Å². The molecule has 4 N–H and O–H groups in total. The van der Waals surface area contributed by atoms with Gasteiger partial charge in [0.15, 0.2) is 0 Å². The third-order valence-electron chi connectivity index (χ3n) is 3.73. The summed E-state index contributed by atoms with van der Waals surface area (Å²) >= 11 is 0. The van der Waals surface area contributed by atoms with Crippen LogP contribution in [0.25, 0.3) is 0 Å². The average molecular weight is 597 g/mol. The van der Waals surface area contributed by atoms with E-state index in [-0.39, 0.29) is 39.6 Å². The number of rotatable bonds is 25. The maximum atomic E-state index is 12.2. The maximum absolute atomic E-state index is 12.2. The van der Waals surface area contributed by atoms with Gasteiger partial charge in [-0.2, -0.15) is 11.1 Å². The third-order valence-corrected chi connectivity index (χ3v) is 6.13. The minimum atomic E-state index is -5.08. The first kappa shape index (κ1) is 36.0. The molecule has 0 aromatic rings. The zero-order chi connectivity index (χ0) is 27.5. The number of nitrogens with one attached hydrogen (secondary N) is 2. The fourth-order valence-corrected chi connectivity index (χ4v) is 3.90. The molecule has 17 nitrogen and oxygen atoms in total. The van der Waals surface area contributed by atoms with E-state index in [9.17, 15) is 37.3 Å². The lowest BCUT2D eigenvalue weighted by atomic mass is 10.2. The molecular formula is C14H30F2N2O15P3-3. The highest BCUT2D eigenvalue weighted by atomic mass is 31.2. The van der Waals surface area contributed by atoms with Crippen LogP contribution in [0.3, 0.4) is 0 Å². The second-order valence-electron chi connectivity index (χ2n) is 6.73. The molecule has 218 valence electrons. The van der Waals surface area contributed by atoms with Crippen LogP contribution in [-0.2, 0) is 45.8 Å². The van der Waals surface area contributed by atoms with Crippen LogP contribution < -0.4 is 25.8 Å². The van der Waals surface area contributed by atoms with Crippen LogP contribution in [0.1, 0.15) is 0 Å². The first-order chi connectivity index (χ1) is 16.8.